The molecule has 2 aliphatic heterocycles. The van der Waals surface area contributed by atoms with E-state index in [1.807, 2.05) is 4.90 Å². The lowest BCUT2D eigenvalue weighted by Crippen LogP contribution is -2.58. The Labute approximate surface area is 211 Å². The first-order valence-corrected chi connectivity index (χ1v) is 13.3. The molecule has 190 valence electrons. The van der Waals surface area contributed by atoms with Crippen molar-refractivity contribution in [1.82, 2.24) is 15.0 Å². The Morgan fingerprint density at radius 2 is 1.78 bits per heavy atom. The molecule has 2 aliphatic rings. The number of hydrogen-bond donors (Lipinski definition) is 1. The van der Waals surface area contributed by atoms with Gasteiger partial charge >= 0.3 is 0 Å². The molecule has 1 aromatic carbocycles. The number of halogens is 3. The van der Waals surface area contributed by atoms with E-state index in [2.05, 4.69) is 20.3 Å². The lowest BCUT2D eigenvalue weighted by atomic mass is 9.84. The normalized spacial score (nSPS) is 21.8. The highest BCUT2D eigenvalue weighted by Gasteiger charge is 2.43. The molecule has 13 heteroatoms. The summed E-state index contributed by atoms with van der Waals surface area (Å²) in [7, 11) is -3.58. The van der Waals surface area contributed by atoms with Gasteiger partial charge in [0.15, 0.2) is 9.84 Å². The Morgan fingerprint density at radius 1 is 1.08 bits per heavy atom. The van der Waals surface area contributed by atoms with Crippen molar-refractivity contribution < 1.29 is 26.7 Å². The summed E-state index contributed by atoms with van der Waals surface area (Å²) < 4.78 is 64.9. The van der Waals surface area contributed by atoms with E-state index in [-0.39, 0.29) is 40.1 Å². The zero-order valence-corrected chi connectivity index (χ0v) is 20.6. The summed E-state index contributed by atoms with van der Waals surface area (Å²) in [4.78, 5) is 14.5. The van der Waals surface area contributed by atoms with E-state index in [1.165, 1.54) is 36.8 Å². The van der Waals surface area contributed by atoms with Gasteiger partial charge in [0.1, 0.15) is 11.9 Å². The monoisotopic (exact) mass is 537 g/mol. The van der Waals surface area contributed by atoms with E-state index in [0.717, 1.165) is 12.3 Å². The molecule has 3 aromatic rings. The second-order valence-electron chi connectivity index (χ2n) is 8.76. The van der Waals surface area contributed by atoms with Crippen LogP contribution < -0.4 is 15.0 Å². The summed E-state index contributed by atoms with van der Waals surface area (Å²) in [5.74, 6) is -1.46. The topological polar surface area (TPSA) is 107 Å². The van der Waals surface area contributed by atoms with Crippen LogP contribution in [-0.2, 0) is 14.6 Å². The van der Waals surface area contributed by atoms with Crippen molar-refractivity contribution in [3.8, 4) is 5.88 Å². The largest absolute Gasteiger partial charge is 0.471 e. The van der Waals surface area contributed by atoms with Gasteiger partial charge in [-0.05, 0) is 24.3 Å². The maximum atomic E-state index is 15.3. The van der Waals surface area contributed by atoms with Crippen LogP contribution in [0, 0.1) is 23.5 Å². The molecule has 4 heterocycles. The van der Waals surface area contributed by atoms with Crippen molar-refractivity contribution in [3.63, 3.8) is 0 Å². The Balaban J connectivity index is 1.33. The number of benzene rings is 1. The molecule has 5 rings (SSSR count). The third-order valence-corrected chi connectivity index (χ3v) is 7.44. The quantitative estimate of drug-likeness (QED) is 0.505. The Hall–Kier alpha value is -3.09. The molecular formula is C23H22ClF2N5O4S. The maximum Gasteiger partial charge on any atom is 0.252 e. The highest BCUT2D eigenvalue weighted by atomic mass is 35.5. The molecule has 2 aromatic heterocycles. The van der Waals surface area contributed by atoms with Gasteiger partial charge in [-0.3, -0.25) is 0 Å². The van der Waals surface area contributed by atoms with Gasteiger partial charge in [0.2, 0.25) is 11.8 Å². The summed E-state index contributed by atoms with van der Waals surface area (Å²) in [5, 5.41) is 3.10. The van der Waals surface area contributed by atoms with E-state index in [9.17, 15) is 12.8 Å². The first-order valence-electron chi connectivity index (χ1n) is 11.1. The number of pyridine rings is 1. The fourth-order valence-corrected chi connectivity index (χ4v) is 5.16. The number of piperidine rings is 1. The molecule has 2 saturated heterocycles. The van der Waals surface area contributed by atoms with Crippen LogP contribution in [-0.4, -0.2) is 62.0 Å². The summed E-state index contributed by atoms with van der Waals surface area (Å²) in [6, 6.07) is 4.71. The van der Waals surface area contributed by atoms with Crippen molar-refractivity contribution in [2.75, 3.05) is 42.8 Å². The minimum absolute atomic E-state index is 0.0561. The lowest BCUT2D eigenvalue weighted by Gasteiger charge is -2.46. The number of fused-ring (bicyclic) bond motifs is 2. The average Bonchev–Trinajstić information content (AvgIpc) is 2.82. The van der Waals surface area contributed by atoms with E-state index >= 15 is 4.39 Å². The number of sulfone groups is 1. The molecule has 2 unspecified atom stereocenters. The van der Waals surface area contributed by atoms with E-state index in [0.29, 0.717) is 37.3 Å². The smallest absolute Gasteiger partial charge is 0.252 e. The first kappa shape index (κ1) is 24.6. The van der Waals surface area contributed by atoms with Gasteiger partial charge in [-0.25, -0.2) is 27.8 Å². The number of anilines is 3. The van der Waals surface area contributed by atoms with E-state index in [1.54, 1.807) is 0 Å². The Bertz CT molecular complexity index is 1370. The Morgan fingerprint density at radius 3 is 2.42 bits per heavy atom. The SMILES string of the molecule is CS(=O)(=O)c1ccc(Nc2ccnc(OC3C4COCC3CN(c3ncc(Cl)cn3)C4)c2F)c(F)c1. The number of nitrogens with zero attached hydrogens (tertiary/aromatic N) is 4. The van der Waals surface area contributed by atoms with Crippen molar-refractivity contribution >= 4 is 38.8 Å². The summed E-state index contributed by atoms with van der Waals surface area (Å²) in [6.45, 7) is 1.92. The standard InChI is InChI=1S/C23H22ClF2N5O4S/c1-36(32,33)16-2-3-18(17(25)6-16)30-19-4-5-27-22(20(19)26)35-21-13-9-31(10-14(21)12-34-11-13)23-28-7-15(24)8-29-23/h2-8,13-14,21H,9-12H2,1H3,(H,27,30). The fraction of sp³-hybridized carbons (Fsp3) is 0.348. The van der Waals surface area contributed by atoms with Crippen LogP contribution in [0.4, 0.5) is 26.1 Å². The molecule has 0 radical (unpaired) electrons. The van der Waals surface area contributed by atoms with Gasteiger partial charge in [0.05, 0.1) is 46.9 Å². The predicted molar refractivity (Wildman–Crippen MR) is 128 cm³/mol. The van der Waals surface area contributed by atoms with Gasteiger partial charge in [-0.15, -0.1) is 0 Å². The van der Waals surface area contributed by atoms with Crippen LogP contribution in [0.2, 0.25) is 5.02 Å². The molecule has 0 aliphatic carbocycles. The minimum Gasteiger partial charge on any atom is -0.471 e. The predicted octanol–water partition coefficient (Wildman–Crippen LogP) is 3.48. The minimum atomic E-state index is -3.58. The second kappa shape index (κ2) is 9.75. The zero-order valence-electron chi connectivity index (χ0n) is 19.1. The van der Waals surface area contributed by atoms with Crippen LogP contribution in [0.1, 0.15) is 0 Å². The van der Waals surface area contributed by atoms with Crippen molar-refractivity contribution in [3.05, 3.63) is 59.5 Å². The van der Waals surface area contributed by atoms with E-state index in [4.69, 9.17) is 21.1 Å². The molecule has 0 spiro atoms. The van der Waals surface area contributed by atoms with E-state index < -0.39 is 21.5 Å². The Kier molecular flexibility index (Phi) is 6.66. The molecule has 1 N–H and O–H groups in total. The third kappa shape index (κ3) is 5.06. The summed E-state index contributed by atoms with van der Waals surface area (Å²) >= 11 is 5.90. The molecule has 36 heavy (non-hydrogen) atoms. The van der Waals surface area contributed by atoms with Gasteiger partial charge in [0, 0.05) is 37.4 Å². The lowest BCUT2D eigenvalue weighted by molar-refractivity contribution is -0.0780. The van der Waals surface area contributed by atoms with Gasteiger partial charge in [-0.1, -0.05) is 11.6 Å². The van der Waals surface area contributed by atoms with Gasteiger partial charge in [-0.2, -0.15) is 4.39 Å². The zero-order chi connectivity index (χ0) is 25.4. The molecular weight excluding hydrogens is 516 g/mol. The summed E-state index contributed by atoms with van der Waals surface area (Å²) in [6.07, 6.45) is 5.05. The van der Waals surface area contributed by atoms with Gasteiger partial charge in [0.25, 0.3) is 5.88 Å². The third-order valence-electron chi connectivity index (χ3n) is 6.14. The summed E-state index contributed by atoms with van der Waals surface area (Å²) in [5.41, 5.74) is -0.139. The molecule has 0 amide bonds. The second-order valence-corrected chi connectivity index (χ2v) is 11.2. The van der Waals surface area contributed by atoms with Crippen molar-refractivity contribution in [1.29, 1.82) is 0 Å². The van der Waals surface area contributed by atoms with Crippen LogP contribution in [0.25, 0.3) is 0 Å². The van der Waals surface area contributed by atoms with Crippen LogP contribution in [0.5, 0.6) is 5.88 Å². The maximum absolute atomic E-state index is 15.3. The molecule has 2 bridgehead atoms. The number of hydrogen-bond acceptors (Lipinski definition) is 9. The van der Waals surface area contributed by atoms with Gasteiger partial charge < -0.3 is 19.7 Å². The first-order chi connectivity index (χ1) is 17.2. The van der Waals surface area contributed by atoms with Crippen molar-refractivity contribution in [2.24, 2.45) is 11.8 Å². The van der Waals surface area contributed by atoms with Crippen LogP contribution in [0.3, 0.4) is 0 Å². The molecule has 9 nitrogen and oxygen atoms in total. The van der Waals surface area contributed by atoms with Crippen LogP contribution >= 0.6 is 11.6 Å². The number of rotatable bonds is 6. The fourth-order valence-electron chi connectivity index (χ4n) is 4.43. The molecule has 0 saturated carbocycles. The van der Waals surface area contributed by atoms with Crippen molar-refractivity contribution in [2.45, 2.75) is 11.0 Å². The molecule has 2 atom stereocenters. The molecule has 2 fully saturated rings. The van der Waals surface area contributed by atoms with Crippen LogP contribution in [0.15, 0.2) is 47.8 Å². The number of nitrogens with one attached hydrogen (secondary N) is 1. The number of aromatic nitrogens is 3. The number of ether oxygens (including phenoxy) is 2. The highest BCUT2D eigenvalue weighted by molar-refractivity contribution is 7.90. The average molecular weight is 538 g/mol. The highest BCUT2D eigenvalue weighted by Crippen LogP contribution is 2.35.